The van der Waals surface area contributed by atoms with Crippen LogP contribution in [-0.4, -0.2) is 34.6 Å². The van der Waals surface area contributed by atoms with Crippen LogP contribution in [0.15, 0.2) is 5.16 Å². The van der Waals surface area contributed by atoms with Gasteiger partial charge in [-0.3, -0.25) is 4.90 Å². The molecule has 2 unspecified atom stereocenters. The van der Waals surface area contributed by atoms with Crippen molar-refractivity contribution in [2.24, 2.45) is 10.9 Å². The average Bonchev–Trinajstić information content (AvgIpc) is 2.53. The normalized spacial score (nSPS) is 26.4. The van der Waals surface area contributed by atoms with Crippen LogP contribution in [0.3, 0.4) is 0 Å². The summed E-state index contributed by atoms with van der Waals surface area (Å²) in [5, 5.41) is 11.7. The topological polar surface area (TPSA) is 61.8 Å². The van der Waals surface area contributed by atoms with Crippen molar-refractivity contribution in [1.29, 1.82) is 0 Å². The van der Waals surface area contributed by atoms with E-state index in [2.05, 4.69) is 23.9 Å². The fourth-order valence-electron chi connectivity index (χ4n) is 2.68. The predicted octanol–water partition coefficient (Wildman–Crippen LogP) is 2.17. The summed E-state index contributed by atoms with van der Waals surface area (Å²) in [6, 6.07) is 1.04. The molecule has 0 aromatic rings. The van der Waals surface area contributed by atoms with Gasteiger partial charge in [0.25, 0.3) is 0 Å². The van der Waals surface area contributed by atoms with Gasteiger partial charge in [-0.2, -0.15) is 0 Å². The summed E-state index contributed by atoms with van der Waals surface area (Å²) in [5.74, 6) is 0.339. The molecule has 0 aliphatic carbocycles. The Kier molecular flexibility index (Phi) is 5.60. The molecule has 1 heterocycles. The lowest BCUT2D eigenvalue weighted by atomic mass is 10.0. The zero-order valence-electron chi connectivity index (χ0n) is 10.5. The molecule has 0 saturated carbocycles. The molecule has 1 aliphatic heterocycles. The highest BCUT2D eigenvalue weighted by atomic mass is 16.4. The summed E-state index contributed by atoms with van der Waals surface area (Å²) >= 11 is 0. The summed E-state index contributed by atoms with van der Waals surface area (Å²) in [7, 11) is 0. The number of hydrogen-bond donors (Lipinski definition) is 2. The van der Waals surface area contributed by atoms with Crippen molar-refractivity contribution in [3.8, 4) is 0 Å². The maximum absolute atomic E-state index is 8.61. The molecular formula is C12H25N3O. The van der Waals surface area contributed by atoms with Gasteiger partial charge in [0, 0.05) is 18.5 Å². The van der Waals surface area contributed by atoms with Crippen LogP contribution >= 0.6 is 0 Å². The number of amidine groups is 1. The van der Waals surface area contributed by atoms with Crippen molar-refractivity contribution in [1.82, 2.24) is 4.90 Å². The fourth-order valence-corrected chi connectivity index (χ4v) is 2.68. The van der Waals surface area contributed by atoms with Gasteiger partial charge < -0.3 is 10.9 Å². The van der Waals surface area contributed by atoms with E-state index in [9.17, 15) is 0 Å². The van der Waals surface area contributed by atoms with Crippen LogP contribution < -0.4 is 5.73 Å². The fraction of sp³-hybridized carbons (Fsp3) is 0.917. The Morgan fingerprint density at radius 1 is 1.50 bits per heavy atom. The van der Waals surface area contributed by atoms with Gasteiger partial charge in [0.05, 0.1) is 0 Å². The van der Waals surface area contributed by atoms with Crippen LogP contribution in [0.25, 0.3) is 0 Å². The molecule has 4 nitrogen and oxygen atoms in total. The molecule has 0 amide bonds. The van der Waals surface area contributed by atoms with Gasteiger partial charge in [-0.15, -0.1) is 0 Å². The maximum atomic E-state index is 8.61. The van der Waals surface area contributed by atoms with E-state index in [-0.39, 0.29) is 0 Å². The molecule has 0 spiro atoms. The Morgan fingerprint density at radius 3 is 2.88 bits per heavy atom. The lowest BCUT2D eigenvalue weighted by molar-refractivity contribution is 0.144. The van der Waals surface area contributed by atoms with Crippen LogP contribution in [-0.2, 0) is 0 Å². The van der Waals surface area contributed by atoms with Crippen LogP contribution in [0.4, 0.5) is 0 Å². The highest BCUT2D eigenvalue weighted by Gasteiger charge is 2.24. The number of likely N-dealkylation sites (tertiary alicyclic amines) is 1. The molecule has 0 radical (unpaired) electrons. The Hall–Kier alpha value is -0.770. The molecule has 3 N–H and O–H groups in total. The number of oxime groups is 1. The van der Waals surface area contributed by atoms with Gasteiger partial charge in [-0.25, -0.2) is 0 Å². The van der Waals surface area contributed by atoms with E-state index in [1.807, 2.05) is 0 Å². The first-order valence-corrected chi connectivity index (χ1v) is 6.41. The van der Waals surface area contributed by atoms with Crippen molar-refractivity contribution >= 4 is 5.84 Å². The minimum Gasteiger partial charge on any atom is -0.409 e. The summed E-state index contributed by atoms with van der Waals surface area (Å²) in [4.78, 5) is 2.53. The molecular weight excluding hydrogens is 202 g/mol. The number of nitrogens with zero attached hydrogens (tertiary/aromatic N) is 2. The van der Waals surface area contributed by atoms with E-state index in [0.717, 1.165) is 6.54 Å². The zero-order chi connectivity index (χ0) is 12.0. The molecule has 0 bridgehead atoms. The molecule has 16 heavy (non-hydrogen) atoms. The van der Waals surface area contributed by atoms with Gasteiger partial charge in [0.2, 0.25) is 0 Å². The van der Waals surface area contributed by atoms with Crippen LogP contribution in [0, 0.1) is 0 Å². The van der Waals surface area contributed by atoms with E-state index < -0.39 is 0 Å². The van der Waals surface area contributed by atoms with Crippen molar-refractivity contribution in [2.45, 2.75) is 64.5 Å². The van der Waals surface area contributed by atoms with Gasteiger partial charge in [-0.05, 0) is 32.7 Å². The van der Waals surface area contributed by atoms with Gasteiger partial charge in [0.15, 0.2) is 0 Å². The van der Waals surface area contributed by atoms with Crippen molar-refractivity contribution < 1.29 is 5.21 Å². The molecule has 0 aromatic carbocycles. The predicted molar refractivity (Wildman–Crippen MR) is 66.7 cm³/mol. The van der Waals surface area contributed by atoms with Gasteiger partial charge >= 0.3 is 0 Å². The van der Waals surface area contributed by atoms with Crippen molar-refractivity contribution in [3.05, 3.63) is 0 Å². The standard InChI is InChI=1S/C12H25N3O/c1-3-11-7-5-4-6-8-15(11)10(2)9-12(13)14-16/h10-11,16H,3-9H2,1-2H3,(H2,13,14). The third-order valence-corrected chi connectivity index (χ3v) is 3.59. The van der Waals surface area contributed by atoms with E-state index in [4.69, 9.17) is 10.9 Å². The lowest BCUT2D eigenvalue weighted by Gasteiger charge is -2.34. The summed E-state index contributed by atoms with van der Waals surface area (Å²) in [6.07, 6.45) is 7.09. The molecule has 4 heteroatoms. The van der Waals surface area contributed by atoms with Crippen LogP contribution in [0.1, 0.15) is 52.4 Å². The second kappa shape index (κ2) is 6.74. The lowest BCUT2D eigenvalue weighted by Crippen LogP contribution is -2.43. The molecule has 1 rings (SSSR count). The Balaban J connectivity index is 2.58. The molecule has 0 aromatic heterocycles. The van der Waals surface area contributed by atoms with E-state index in [1.54, 1.807) is 0 Å². The van der Waals surface area contributed by atoms with Crippen LogP contribution in [0.2, 0.25) is 0 Å². The van der Waals surface area contributed by atoms with Crippen molar-refractivity contribution in [2.75, 3.05) is 6.54 Å². The third-order valence-electron chi connectivity index (χ3n) is 3.59. The van der Waals surface area contributed by atoms with E-state index in [0.29, 0.717) is 24.3 Å². The molecule has 1 aliphatic rings. The molecule has 1 fully saturated rings. The second-order valence-electron chi connectivity index (χ2n) is 4.79. The van der Waals surface area contributed by atoms with E-state index >= 15 is 0 Å². The molecule has 94 valence electrons. The smallest absolute Gasteiger partial charge is 0.140 e. The second-order valence-corrected chi connectivity index (χ2v) is 4.79. The summed E-state index contributed by atoms with van der Waals surface area (Å²) < 4.78 is 0. The summed E-state index contributed by atoms with van der Waals surface area (Å²) in [5.41, 5.74) is 5.58. The first kappa shape index (κ1) is 13.3. The Bertz CT molecular complexity index is 230. The average molecular weight is 227 g/mol. The van der Waals surface area contributed by atoms with E-state index in [1.165, 1.54) is 32.1 Å². The first-order chi connectivity index (χ1) is 7.69. The van der Waals surface area contributed by atoms with Crippen LogP contribution in [0.5, 0.6) is 0 Å². The highest BCUT2D eigenvalue weighted by molar-refractivity contribution is 5.80. The van der Waals surface area contributed by atoms with Gasteiger partial charge in [-0.1, -0.05) is 24.9 Å². The Labute approximate surface area is 98.5 Å². The number of hydrogen-bond acceptors (Lipinski definition) is 3. The zero-order valence-corrected chi connectivity index (χ0v) is 10.5. The molecule has 2 atom stereocenters. The Morgan fingerprint density at radius 2 is 2.25 bits per heavy atom. The monoisotopic (exact) mass is 227 g/mol. The quantitative estimate of drug-likeness (QED) is 0.335. The first-order valence-electron chi connectivity index (χ1n) is 6.41. The third kappa shape index (κ3) is 3.67. The minimum absolute atomic E-state index is 0.339. The minimum atomic E-state index is 0.339. The number of rotatable bonds is 4. The summed E-state index contributed by atoms with van der Waals surface area (Å²) in [6.45, 7) is 5.57. The van der Waals surface area contributed by atoms with Crippen molar-refractivity contribution in [3.63, 3.8) is 0 Å². The number of nitrogens with two attached hydrogens (primary N) is 1. The maximum Gasteiger partial charge on any atom is 0.140 e. The SMILES string of the molecule is CCC1CCCCCN1C(C)CC(N)=NO. The largest absolute Gasteiger partial charge is 0.409 e. The highest BCUT2D eigenvalue weighted by Crippen LogP contribution is 2.22. The molecule has 1 saturated heterocycles. The van der Waals surface area contributed by atoms with Gasteiger partial charge in [0.1, 0.15) is 5.84 Å².